The van der Waals surface area contributed by atoms with E-state index in [4.69, 9.17) is 28.7 Å². The maximum atomic E-state index is 14.3. The molecule has 0 aliphatic rings. The smallest absolute Gasteiger partial charge is 0.326 e. The number of rotatable bonds is 41. The van der Waals surface area contributed by atoms with E-state index in [0.717, 1.165) is 6.92 Å². The number of carboxylic acid groups (broad SMARTS) is 2. The minimum atomic E-state index is -1.99. The van der Waals surface area contributed by atoms with Crippen molar-refractivity contribution < 1.29 is 87.9 Å². The van der Waals surface area contributed by atoms with E-state index in [0.29, 0.717) is 12.8 Å². The van der Waals surface area contributed by atoms with Gasteiger partial charge in [-0.1, -0.05) is 34.1 Å². The van der Waals surface area contributed by atoms with Gasteiger partial charge in [-0.05, 0) is 77.2 Å². The monoisotopic (exact) mass is 1170 g/mol. The van der Waals surface area contributed by atoms with E-state index in [-0.39, 0.29) is 57.1 Å². The second-order valence-electron chi connectivity index (χ2n) is 19.7. The lowest BCUT2D eigenvalue weighted by atomic mass is 9.98. The van der Waals surface area contributed by atoms with Crippen LogP contribution in [0.25, 0.3) is 0 Å². The average molecular weight is 1180 g/mol. The molecule has 11 amide bonds. The Labute approximate surface area is 473 Å². The van der Waals surface area contributed by atoms with Gasteiger partial charge in [0.1, 0.15) is 60.4 Å². The SMILES string of the molecule is CC[C@H](C)[C@H](NC(=O)CN)C(=O)N[C@@H](CO)C(=O)N[C@@H](C)C(=O)N[C@@H](CC(C)C)C(=O)N[C@@H](CCCN=C(N)N)C(=O)N[C@@H](CCCCN)C(=O)N[C@@H](CCC(=O)O)C(=O)N[C@H](C(=O)N[C@@H](CO)C(=O)N[C@@H](CC(N)=O)C(=O)O)[C@@H](C)O. The van der Waals surface area contributed by atoms with Crippen molar-refractivity contribution in [1.82, 2.24) is 53.2 Å². The zero-order chi connectivity index (χ0) is 63.0. The maximum Gasteiger partial charge on any atom is 0.326 e. The number of nitrogens with zero attached hydrogens (tertiary/aromatic N) is 1. The quantitative estimate of drug-likeness (QED) is 0.0154. The van der Waals surface area contributed by atoms with E-state index >= 15 is 0 Å². The van der Waals surface area contributed by atoms with Gasteiger partial charge in [0, 0.05) is 13.0 Å². The number of primary amides is 1. The molecular weight excluding hydrogens is 1090 g/mol. The van der Waals surface area contributed by atoms with Crippen molar-refractivity contribution in [2.45, 2.75) is 172 Å². The minimum absolute atomic E-state index is 0.0358. The normalized spacial score (nSPS) is 15.4. The van der Waals surface area contributed by atoms with Crippen LogP contribution < -0.4 is 81.8 Å². The van der Waals surface area contributed by atoms with Crippen molar-refractivity contribution >= 4 is 82.9 Å². The largest absolute Gasteiger partial charge is 0.481 e. The van der Waals surface area contributed by atoms with Gasteiger partial charge >= 0.3 is 11.9 Å². The number of amides is 11. The number of carbonyl (C=O) groups excluding carboxylic acids is 11. The molecule has 0 aliphatic heterocycles. The van der Waals surface area contributed by atoms with Gasteiger partial charge in [-0.3, -0.25) is 62.5 Å². The van der Waals surface area contributed by atoms with Crippen LogP contribution in [-0.4, -0.2) is 208 Å². The standard InChI is InChI=1S/C48H86N16O18/c1-7-23(4)36(63-34(69)19-50)45(79)61-31(20-65)43(77)55-24(5)38(72)59-29(17-22(2)3)42(76)57-27(12-10-16-54-48(52)53)40(74)56-26(11-8-9-15-49)39(73)58-28(13-14-35(70)71)41(75)64-37(25(6)67)46(80)62-32(21-66)44(78)60-30(47(81)82)18-33(51)68/h22-32,36-37,65-67H,7-21,49-50H2,1-6H3,(H2,51,68)(H,55,77)(H,56,74)(H,57,76)(H,58,73)(H,59,72)(H,60,78)(H,61,79)(H,62,80)(H,63,69)(H,64,75)(H,70,71)(H,81,82)(H4,52,53,54)/t23-,24-,25+,26-,27-,28-,29-,30-,31-,32-,36-,37-/m0/s1. The summed E-state index contributed by atoms with van der Waals surface area (Å²) >= 11 is 0. The number of unbranched alkanes of at least 4 members (excludes halogenated alkanes) is 1. The Kier molecular flexibility index (Phi) is 35.1. The summed E-state index contributed by atoms with van der Waals surface area (Å²) in [6, 6.07) is -16.2. The third-order valence-corrected chi connectivity index (χ3v) is 12.2. The Hall–Kier alpha value is -7.82. The summed E-state index contributed by atoms with van der Waals surface area (Å²) in [5.74, 6) is -15.5. The molecule has 0 saturated carbocycles. The van der Waals surface area contributed by atoms with E-state index in [1.807, 2.05) is 10.6 Å². The first-order valence-corrected chi connectivity index (χ1v) is 26.5. The molecule has 0 bridgehead atoms. The lowest BCUT2D eigenvalue weighted by Gasteiger charge is -2.28. The molecule has 12 atom stereocenters. The minimum Gasteiger partial charge on any atom is -0.481 e. The molecule has 34 heteroatoms. The predicted molar refractivity (Wildman–Crippen MR) is 290 cm³/mol. The zero-order valence-corrected chi connectivity index (χ0v) is 47.0. The van der Waals surface area contributed by atoms with Gasteiger partial charge in [0.2, 0.25) is 65.0 Å². The summed E-state index contributed by atoms with van der Waals surface area (Å²) in [6.45, 7) is 6.70. The van der Waals surface area contributed by atoms with Gasteiger partial charge in [0.25, 0.3) is 0 Å². The Morgan fingerprint density at radius 2 is 0.939 bits per heavy atom. The topological polar surface area (TPSA) is 586 Å². The predicted octanol–water partition coefficient (Wildman–Crippen LogP) is -8.72. The number of nitrogens with two attached hydrogens (primary N) is 5. The van der Waals surface area contributed by atoms with Gasteiger partial charge in [-0.2, -0.15) is 0 Å². The molecule has 0 rings (SSSR count). The molecule has 0 fully saturated rings. The number of guanidine groups is 1. The Balaban J connectivity index is 6.78. The molecule has 0 aliphatic carbocycles. The number of aliphatic hydroxyl groups is 3. The molecule has 82 heavy (non-hydrogen) atoms. The molecule has 0 spiro atoms. The number of aliphatic hydroxyl groups excluding tert-OH is 3. The Morgan fingerprint density at radius 3 is 1.38 bits per heavy atom. The number of hydrogen-bond donors (Lipinski definition) is 20. The highest BCUT2D eigenvalue weighted by Crippen LogP contribution is 2.12. The van der Waals surface area contributed by atoms with Crippen molar-refractivity contribution in [3.8, 4) is 0 Å². The summed E-state index contributed by atoms with van der Waals surface area (Å²) in [4.78, 5) is 173. The molecule has 0 aromatic heterocycles. The Bertz CT molecular complexity index is 2220. The van der Waals surface area contributed by atoms with E-state index in [9.17, 15) is 87.9 Å². The maximum absolute atomic E-state index is 14.3. The number of hydrogen-bond acceptors (Lipinski definition) is 19. The van der Waals surface area contributed by atoms with Gasteiger partial charge in [0.05, 0.1) is 32.3 Å². The molecule has 0 unspecified atom stereocenters. The highest BCUT2D eigenvalue weighted by molar-refractivity contribution is 5.99. The third-order valence-electron chi connectivity index (χ3n) is 12.2. The summed E-state index contributed by atoms with van der Waals surface area (Å²) in [5.41, 5.74) is 27.1. The zero-order valence-electron chi connectivity index (χ0n) is 47.0. The summed E-state index contributed by atoms with van der Waals surface area (Å²) in [5, 5.41) is 72.5. The van der Waals surface area contributed by atoms with Crippen LogP contribution in [0.3, 0.4) is 0 Å². The molecule has 0 saturated heterocycles. The van der Waals surface area contributed by atoms with Crippen LogP contribution in [0.4, 0.5) is 0 Å². The summed E-state index contributed by atoms with van der Waals surface area (Å²) in [7, 11) is 0. The van der Waals surface area contributed by atoms with Crippen LogP contribution in [0.15, 0.2) is 4.99 Å². The second-order valence-corrected chi connectivity index (χ2v) is 19.7. The number of nitrogens with one attached hydrogen (secondary N) is 10. The summed E-state index contributed by atoms with van der Waals surface area (Å²) < 4.78 is 0. The van der Waals surface area contributed by atoms with E-state index in [1.165, 1.54) is 6.92 Å². The van der Waals surface area contributed by atoms with Gasteiger partial charge in [-0.15, -0.1) is 0 Å². The summed E-state index contributed by atoms with van der Waals surface area (Å²) in [6.07, 6.45) is -3.50. The van der Waals surface area contributed by atoms with Gasteiger partial charge < -0.3 is 107 Å². The first-order chi connectivity index (χ1) is 38.4. The lowest BCUT2D eigenvalue weighted by Crippen LogP contribution is -2.62. The fourth-order valence-electron chi connectivity index (χ4n) is 7.44. The van der Waals surface area contributed by atoms with Crippen molar-refractivity contribution in [3.05, 3.63) is 0 Å². The van der Waals surface area contributed by atoms with Crippen molar-refractivity contribution in [2.24, 2.45) is 45.5 Å². The van der Waals surface area contributed by atoms with Crippen molar-refractivity contribution in [1.29, 1.82) is 0 Å². The molecule has 34 nitrogen and oxygen atoms in total. The van der Waals surface area contributed by atoms with Gasteiger partial charge in [0.15, 0.2) is 5.96 Å². The third kappa shape index (κ3) is 28.5. The fraction of sp³-hybridized carbons (Fsp3) is 0.708. The van der Waals surface area contributed by atoms with Crippen LogP contribution in [0.5, 0.6) is 0 Å². The van der Waals surface area contributed by atoms with E-state index < -0.39 is 188 Å². The molecule has 466 valence electrons. The van der Waals surface area contributed by atoms with Crippen LogP contribution >= 0.6 is 0 Å². The molecular formula is C48H86N16O18. The molecule has 0 heterocycles. The lowest BCUT2D eigenvalue weighted by molar-refractivity contribution is -0.144. The van der Waals surface area contributed by atoms with Crippen LogP contribution in [0.1, 0.15) is 106 Å². The molecule has 0 radical (unpaired) electrons. The average Bonchev–Trinajstić information content (AvgIpc) is 3.48. The molecule has 0 aromatic carbocycles. The van der Waals surface area contributed by atoms with Crippen LogP contribution in [0.2, 0.25) is 0 Å². The van der Waals surface area contributed by atoms with Crippen LogP contribution in [-0.2, 0) is 62.3 Å². The van der Waals surface area contributed by atoms with E-state index in [1.54, 1.807) is 27.7 Å². The molecule has 0 aromatic rings. The van der Waals surface area contributed by atoms with Crippen LogP contribution in [0, 0.1) is 11.8 Å². The van der Waals surface area contributed by atoms with Crippen molar-refractivity contribution in [3.63, 3.8) is 0 Å². The number of carboxylic acids is 2. The first kappa shape index (κ1) is 74.2. The fourth-order valence-corrected chi connectivity index (χ4v) is 7.44. The molecule has 25 N–H and O–H groups in total. The highest BCUT2D eigenvalue weighted by Gasteiger charge is 2.37. The highest BCUT2D eigenvalue weighted by atomic mass is 16.4. The number of aliphatic carboxylic acids is 2. The Morgan fingerprint density at radius 1 is 0.500 bits per heavy atom. The number of aliphatic imine (C=N–C) groups is 1. The second kappa shape index (κ2) is 38.8. The first-order valence-electron chi connectivity index (χ1n) is 26.5. The van der Waals surface area contributed by atoms with Gasteiger partial charge in [-0.25, -0.2) is 4.79 Å². The van der Waals surface area contributed by atoms with Crippen molar-refractivity contribution in [2.75, 3.05) is 32.8 Å². The van der Waals surface area contributed by atoms with E-state index in [2.05, 4.69) is 47.5 Å². The number of carbonyl (C=O) groups is 13.